The topological polar surface area (TPSA) is 59.1 Å². The van der Waals surface area contributed by atoms with Crippen LogP contribution < -0.4 is 4.72 Å². The second-order valence-corrected chi connectivity index (χ2v) is 5.75. The van der Waals surface area contributed by atoms with Gasteiger partial charge in [0.1, 0.15) is 5.82 Å². The van der Waals surface area contributed by atoms with Crippen LogP contribution in [-0.2, 0) is 16.4 Å². The molecule has 0 atom stereocenters. The number of nitrogens with one attached hydrogen (secondary N) is 1. The van der Waals surface area contributed by atoms with Crippen LogP contribution in [0.4, 0.5) is 8.78 Å². The summed E-state index contributed by atoms with van der Waals surface area (Å²) in [7, 11) is -4.00. The van der Waals surface area contributed by atoms with Gasteiger partial charge in [-0.15, -0.1) is 0 Å². The fraction of sp³-hybridized carbons (Fsp3) is 0.154. The van der Waals surface area contributed by atoms with Crippen molar-refractivity contribution in [3.63, 3.8) is 0 Å². The van der Waals surface area contributed by atoms with Crippen molar-refractivity contribution >= 4 is 10.0 Å². The fourth-order valence-electron chi connectivity index (χ4n) is 1.66. The zero-order chi connectivity index (χ0) is 14.6. The Morgan fingerprint density at radius 1 is 1.15 bits per heavy atom. The Kier molecular flexibility index (Phi) is 4.41. The van der Waals surface area contributed by atoms with Crippen LogP contribution in [0.5, 0.6) is 0 Å². The van der Waals surface area contributed by atoms with Gasteiger partial charge in [0.05, 0.1) is 0 Å². The van der Waals surface area contributed by atoms with Gasteiger partial charge in [-0.1, -0.05) is 12.1 Å². The Labute approximate surface area is 115 Å². The highest BCUT2D eigenvalue weighted by Crippen LogP contribution is 2.10. The summed E-state index contributed by atoms with van der Waals surface area (Å²) >= 11 is 0. The number of aromatic nitrogens is 1. The Morgan fingerprint density at radius 2 is 1.95 bits per heavy atom. The van der Waals surface area contributed by atoms with Gasteiger partial charge in [-0.2, -0.15) is 0 Å². The molecule has 1 heterocycles. The quantitative estimate of drug-likeness (QED) is 0.917. The highest BCUT2D eigenvalue weighted by molar-refractivity contribution is 7.89. The molecular weight excluding hydrogens is 286 g/mol. The summed E-state index contributed by atoms with van der Waals surface area (Å²) in [5, 5.41) is -0.640. The molecule has 106 valence electrons. The Morgan fingerprint density at radius 3 is 2.65 bits per heavy atom. The average Bonchev–Trinajstić information content (AvgIpc) is 2.39. The number of rotatable bonds is 5. The lowest BCUT2D eigenvalue weighted by Crippen LogP contribution is -2.27. The van der Waals surface area contributed by atoms with Gasteiger partial charge in [0, 0.05) is 12.7 Å². The fourth-order valence-corrected chi connectivity index (χ4v) is 2.69. The molecule has 2 rings (SSSR count). The molecule has 0 aliphatic carbocycles. The minimum atomic E-state index is -4.00. The van der Waals surface area contributed by atoms with Gasteiger partial charge in [0.15, 0.2) is 5.82 Å². The third-order valence-electron chi connectivity index (χ3n) is 2.57. The predicted molar refractivity (Wildman–Crippen MR) is 69.5 cm³/mol. The molecule has 0 unspecified atom stereocenters. The summed E-state index contributed by atoms with van der Waals surface area (Å²) in [6.45, 7) is 0.0296. The first kappa shape index (κ1) is 14.5. The van der Waals surface area contributed by atoms with Crippen molar-refractivity contribution in [2.24, 2.45) is 0 Å². The van der Waals surface area contributed by atoms with Crippen LogP contribution in [0.3, 0.4) is 0 Å². The molecule has 0 bridgehead atoms. The van der Waals surface area contributed by atoms with E-state index >= 15 is 0 Å². The molecule has 1 aromatic heterocycles. The van der Waals surface area contributed by atoms with E-state index < -0.39 is 20.9 Å². The van der Waals surface area contributed by atoms with Gasteiger partial charge < -0.3 is 0 Å². The van der Waals surface area contributed by atoms with Gasteiger partial charge in [-0.25, -0.2) is 26.9 Å². The van der Waals surface area contributed by atoms with Gasteiger partial charge in [-0.3, -0.25) is 0 Å². The van der Waals surface area contributed by atoms with Crippen LogP contribution in [0.15, 0.2) is 47.6 Å². The van der Waals surface area contributed by atoms with Crippen molar-refractivity contribution < 1.29 is 17.2 Å². The van der Waals surface area contributed by atoms with Crippen LogP contribution in [-0.4, -0.2) is 19.9 Å². The number of halogens is 2. The van der Waals surface area contributed by atoms with Crippen LogP contribution >= 0.6 is 0 Å². The summed E-state index contributed by atoms with van der Waals surface area (Å²) in [5.41, 5.74) is 0.647. The largest absolute Gasteiger partial charge is 0.261 e. The Bertz CT molecular complexity index is 705. The van der Waals surface area contributed by atoms with Crippen molar-refractivity contribution in [2.75, 3.05) is 6.54 Å². The molecule has 0 saturated carbocycles. The van der Waals surface area contributed by atoms with E-state index in [2.05, 4.69) is 9.71 Å². The third kappa shape index (κ3) is 3.58. The molecule has 1 aromatic carbocycles. The van der Waals surface area contributed by atoms with E-state index in [1.54, 1.807) is 6.07 Å². The summed E-state index contributed by atoms with van der Waals surface area (Å²) in [5.74, 6) is -1.30. The molecule has 0 amide bonds. The molecule has 7 heteroatoms. The highest BCUT2D eigenvalue weighted by atomic mass is 32.2. The first-order valence-corrected chi connectivity index (χ1v) is 7.32. The molecule has 0 saturated heterocycles. The van der Waals surface area contributed by atoms with E-state index in [1.165, 1.54) is 30.5 Å². The van der Waals surface area contributed by atoms with Crippen LogP contribution in [0.1, 0.15) is 5.56 Å². The SMILES string of the molecule is O=S(=O)(NCCc1cccc(F)c1)c1ncccc1F. The van der Waals surface area contributed by atoms with E-state index in [9.17, 15) is 17.2 Å². The zero-order valence-electron chi connectivity index (χ0n) is 10.4. The first-order chi connectivity index (χ1) is 9.49. The molecule has 0 fully saturated rings. The molecule has 2 aromatic rings. The minimum absolute atomic E-state index is 0.0296. The smallest absolute Gasteiger partial charge is 0.241 e. The predicted octanol–water partition coefficient (Wildman–Crippen LogP) is 1.88. The van der Waals surface area contributed by atoms with E-state index in [-0.39, 0.29) is 12.4 Å². The maximum absolute atomic E-state index is 13.4. The van der Waals surface area contributed by atoms with E-state index in [0.29, 0.717) is 12.0 Å². The molecule has 0 aliphatic heterocycles. The van der Waals surface area contributed by atoms with Crippen LogP contribution in [0.2, 0.25) is 0 Å². The van der Waals surface area contributed by atoms with E-state index in [4.69, 9.17) is 0 Å². The van der Waals surface area contributed by atoms with Crippen molar-refractivity contribution in [2.45, 2.75) is 11.4 Å². The average molecular weight is 298 g/mol. The second kappa shape index (κ2) is 6.06. The molecule has 0 aliphatic rings. The Hall–Kier alpha value is -1.86. The zero-order valence-corrected chi connectivity index (χ0v) is 11.2. The monoisotopic (exact) mass is 298 g/mol. The number of hydrogen-bond donors (Lipinski definition) is 1. The van der Waals surface area contributed by atoms with Crippen molar-refractivity contribution in [1.82, 2.24) is 9.71 Å². The maximum atomic E-state index is 13.4. The van der Waals surface area contributed by atoms with Crippen molar-refractivity contribution in [3.05, 3.63) is 59.8 Å². The lowest BCUT2D eigenvalue weighted by Gasteiger charge is -2.06. The number of nitrogens with zero attached hydrogens (tertiary/aromatic N) is 1. The number of hydrogen-bond acceptors (Lipinski definition) is 3. The van der Waals surface area contributed by atoms with Gasteiger partial charge in [-0.05, 0) is 36.2 Å². The maximum Gasteiger partial charge on any atom is 0.261 e. The number of benzene rings is 1. The van der Waals surface area contributed by atoms with Crippen LogP contribution in [0, 0.1) is 11.6 Å². The van der Waals surface area contributed by atoms with Crippen molar-refractivity contribution in [3.8, 4) is 0 Å². The molecule has 20 heavy (non-hydrogen) atoms. The lowest BCUT2D eigenvalue weighted by atomic mass is 10.1. The number of pyridine rings is 1. The van der Waals surface area contributed by atoms with Crippen LogP contribution in [0.25, 0.3) is 0 Å². The summed E-state index contributed by atoms with van der Waals surface area (Å²) < 4.78 is 52.2. The lowest BCUT2D eigenvalue weighted by molar-refractivity contribution is 0.545. The number of sulfonamides is 1. The normalized spacial score (nSPS) is 11.5. The molecule has 1 N–H and O–H groups in total. The first-order valence-electron chi connectivity index (χ1n) is 5.84. The summed E-state index contributed by atoms with van der Waals surface area (Å²) in [4.78, 5) is 3.50. The molecule has 0 radical (unpaired) electrons. The van der Waals surface area contributed by atoms with Crippen molar-refractivity contribution in [1.29, 1.82) is 0 Å². The van der Waals surface area contributed by atoms with Gasteiger partial charge in [0.2, 0.25) is 5.03 Å². The van der Waals surface area contributed by atoms with Gasteiger partial charge in [0.25, 0.3) is 10.0 Å². The highest BCUT2D eigenvalue weighted by Gasteiger charge is 2.19. The molecular formula is C13H12F2N2O2S. The van der Waals surface area contributed by atoms with E-state index in [0.717, 1.165) is 6.07 Å². The molecule has 4 nitrogen and oxygen atoms in total. The standard InChI is InChI=1S/C13H12F2N2O2S/c14-11-4-1-3-10(9-11)6-8-17-20(18,19)13-12(15)5-2-7-16-13/h1-5,7,9,17H,6,8H2. The Balaban J connectivity index is 2.02. The van der Waals surface area contributed by atoms with Gasteiger partial charge >= 0.3 is 0 Å². The van der Waals surface area contributed by atoms with E-state index in [1.807, 2.05) is 0 Å². The minimum Gasteiger partial charge on any atom is -0.241 e. The summed E-state index contributed by atoms with van der Waals surface area (Å²) in [6.07, 6.45) is 1.50. The second-order valence-electron chi connectivity index (χ2n) is 4.07. The molecule has 0 spiro atoms. The summed E-state index contributed by atoms with van der Waals surface area (Å²) in [6, 6.07) is 8.16. The third-order valence-corrected chi connectivity index (χ3v) is 3.97.